The molecule has 1 radical (unpaired) electrons. The van der Waals surface area contributed by atoms with E-state index in [9.17, 15) is 18.0 Å². The van der Waals surface area contributed by atoms with Gasteiger partial charge in [-0.1, -0.05) is 0 Å². The molecule has 18 heavy (non-hydrogen) atoms. The minimum Gasteiger partial charge on any atom is -0.491 e. The molecule has 1 amide bonds. The first-order chi connectivity index (χ1) is 8.34. The average molecular weight is 257 g/mol. The molecule has 1 rings (SSSR count). The lowest BCUT2D eigenvalue weighted by molar-refractivity contribution is -0.137. The maximum absolute atomic E-state index is 12.2. The molecule has 1 aromatic carbocycles. The van der Waals surface area contributed by atoms with Gasteiger partial charge in [0, 0.05) is 0 Å². The van der Waals surface area contributed by atoms with Gasteiger partial charge in [-0.2, -0.15) is 18.4 Å². The molecule has 7 heteroatoms. The monoisotopic (exact) mass is 257 g/mol. The van der Waals surface area contributed by atoms with E-state index in [1.807, 2.05) is 0 Å². The first kappa shape index (κ1) is 13.8. The molecule has 0 saturated carbocycles. The van der Waals surface area contributed by atoms with E-state index in [2.05, 4.69) is 0 Å². The Morgan fingerprint density at radius 3 is 2.28 bits per heavy atom. The number of carbonyl (C=O) groups excluding carboxylic acids is 1. The lowest BCUT2D eigenvalue weighted by atomic mass is 10.2. The minimum atomic E-state index is -4.42. The van der Waals surface area contributed by atoms with Crippen LogP contribution in [0, 0.1) is 17.2 Å². The van der Waals surface area contributed by atoms with Gasteiger partial charge in [0.05, 0.1) is 11.6 Å². The molecule has 95 valence electrons. The largest absolute Gasteiger partial charge is 0.491 e. The van der Waals surface area contributed by atoms with Crippen molar-refractivity contribution in [2.24, 2.45) is 5.73 Å². The zero-order valence-electron chi connectivity index (χ0n) is 8.99. The predicted octanol–water partition coefficient (Wildman–Crippen LogP) is 1.67. The third-order valence-corrected chi connectivity index (χ3v) is 2.00. The highest BCUT2D eigenvalue weighted by atomic mass is 19.4. The van der Waals surface area contributed by atoms with Crippen LogP contribution in [0.25, 0.3) is 0 Å². The summed E-state index contributed by atoms with van der Waals surface area (Å²) in [5.74, 6) is -1.13. The number of rotatable bonds is 4. The Morgan fingerprint density at radius 1 is 1.33 bits per heavy atom. The highest BCUT2D eigenvalue weighted by Gasteiger charge is 2.30. The fourth-order valence-corrected chi connectivity index (χ4v) is 1.05. The van der Waals surface area contributed by atoms with Crippen molar-refractivity contribution >= 4 is 5.91 Å². The van der Waals surface area contributed by atoms with Crippen LogP contribution >= 0.6 is 0 Å². The molecular formula is C11H8F3N2O2. The van der Waals surface area contributed by atoms with E-state index in [0.717, 1.165) is 24.3 Å². The second kappa shape index (κ2) is 5.40. The molecule has 2 N–H and O–H groups in total. The molecule has 0 heterocycles. The summed E-state index contributed by atoms with van der Waals surface area (Å²) < 4.78 is 41.7. The molecule has 0 unspecified atom stereocenters. The normalized spacial score (nSPS) is 11.1. The lowest BCUT2D eigenvalue weighted by Gasteiger charge is -2.09. The third kappa shape index (κ3) is 3.66. The van der Waals surface area contributed by atoms with E-state index in [-0.39, 0.29) is 18.3 Å². The van der Waals surface area contributed by atoms with Gasteiger partial charge in [-0.15, -0.1) is 0 Å². The van der Waals surface area contributed by atoms with E-state index in [0.29, 0.717) is 0 Å². The second-order valence-corrected chi connectivity index (χ2v) is 3.27. The van der Waals surface area contributed by atoms with Crippen molar-refractivity contribution in [3.8, 4) is 11.8 Å². The van der Waals surface area contributed by atoms with Crippen LogP contribution < -0.4 is 10.5 Å². The van der Waals surface area contributed by atoms with Gasteiger partial charge in [0.15, 0.2) is 5.92 Å². The second-order valence-electron chi connectivity index (χ2n) is 3.27. The molecule has 4 nitrogen and oxygen atoms in total. The van der Waals surface area contributed by atoms with Gasteiger partial charge >= 0.3 is 6.18 Å². The molecule has 0 atom stereocenters. The fraction of sp³-hybridized carbons (Fsp3) is 0.182. The van der Waals surface area contributed by atoms with E-state index < -0.39 is 17.6 Å². The standard InChI is InChI=1S/C11H8F3N2O2/c12-11(13,14)8-1-3-9(4-2-8)18-6-7(5-15)10(16)17/h1-4H,6H2,(H2,16,17). The van der Waals surface area contributed by atoms with Gasteiger partial charge in [-0.25, -0.2) is 0 Å². The van der Waals surface area contributed by atoms with Crippen molar-refractivity contribution in [3.63, 3.8) is 0 Å². The first-order valence-corrected chi connectivity index (χ1v) is 4.70. The number of benzene rings is 1. The molecular weight excluding hydrogens is 249 g/mol. The number of nitriles is 1. The molecule has 0 bridgehead atoms. The summed E-state index contributed by atoms with van der Waals surface area (Å²) in [6, 6.07) is 5.41. The van der Waals surface area contributed by atoms with Crippen LogP contribution in [0.4, 0.5) is 13.2 Å². The molecule has 0 aliphatic rings. The highest BCUT2D eigenvalue weighted by Crippen LogP contribution is 2.30. The predicted molar refractivity (Wildman–Crippen MR) is 55.0 cm³/mol. The quantitative estimate of drug-likeness (QED) is 0.891. The van der Waals surface area contributed by atoms with Gasteiger partial charge in [-0.05, 0) is 24.3 Å². The van der Waals surface area contributed by atoms with E-state index >= 15 is 0 Å². The Morgan fingerprint density at radius 2 is 1.89 bits per heavy atom. The Bertz CT molecular complexity index is 463. The maximum Gasteiger partial charge on any atom is 0.416 e. The summed E-state index contributed by atoms with van der Waals surface area (Å²) in [7, 11) is 0. The van der Waals surface area contributed by atoms with Crippen molar-refractivity contribution in [2.75, 3.05) is 6.61 Å². The number of hydrogen-bond acceptors (Lipinski definition) is 3. The Labute approximate surface area is 101 Å². The maximum atomic E-state index is 12.2. The number of carbonyl (C=O) groups is 1. The summed E-state index contributed by atoms with van der Waals surface area (Å²) in [5, 5.41) is 8.51. The number of amides is 1. The molecule has 0 aromatic heterocycles. The molecule has 0 saturated heterocycles. The lowest BCUT2D eigenvalue weighted by Crippen LogP contribution is -2.25. The summed E-state index contributed by atoms with van der Waals surface area (Å²) in [6.45, 7) is -0.378. The summed E-state index contributed by atoms with van der Waals surface area (Å²) in [5.41, 5.74) is 4.05. The van der Waals surface area contributed by atoms with Gasteiger partial charge in [0.1, 0.15) is 12.4 Å². The highest BCUT2D eigenvalue weighted by molar-refractivity contribution is 5.92. The number of nitrogens with two attached hydrogens (primary N) is 1. The van der Waals surface area contributed by atoms with Gasteiger partial charge in [0.25, 0.3) is 0 Å². The fourth-order valence-electron chi connectivity index (χ4n) is 1.05. The van der Waals surface area contributed by atoms with Crippen molar-refractivity contribution in [1.82, 2.24) is 0 Å². The zero-order valence-corrected chi connectivity index (χ0v) is 8.99. The number of primary amides is 1. The molecule has 1 aromatic rings. The third-order valence-electron chi connectivity index (χ3n) is 2.00. The van der Waals surface area contributed by atoms with Crippen molar-refractivity contribution in [3.05, 3.63) is 35.7 Å². The van der Waals surface area contributed by atoms with Crippen molar-refractivity contribution < 1.29 is 22.7 Å². The number of alkyl halides is 3. The van der Waals surface area contributed by atoms with E-state index in [1.54, 1.807) is 6.07 Å². The summed E-state index contributed by atoms with van der Waals surface area (Å²) in [6.07, 6.45) is -4.42. The smallest absolute Gasteiger partial charge is 0.416 e. The zero-order chi connectivity index (χ0) is 13.8. The molecule has 0 fully saturated rings. The number of nitrogens with zero attached hydrogens (tertiary/aromatic N) is 1. The summed E-state index contributed by atoms with van der Waals surface area (Å²) in [4.78, 5) is 10.7. The number of ether oxygens (including phenoxy) is 1. The number of hydrogen-bond donors (Lipinski definition) is 1. The topological polar surface area (TPSA) is 76.1 Å². The van der Waals surface area contributed by atoms with E-state index in [4.69, 9.17) is 15.7 Å². The van der Waals surface area contributed by atoms with Crippen LogP contribution in [0.15, 0.2) is 24.3 Å². The van der Waals surface area contributed by atoms with Crippen LogP contribution in [0.1, 0.15) is 5.56 Å². The minimum absolute atomic E-state index is 0.108. The van der Waals surface area contributed by atoms with Gasteiger partial charge < -0.3 is 10.5 Å². The summed E-state index contributed by atoms with van der Waals surface area (Å²) >= 11 is 0. The Kier molecular flexibility index (Phi) is 4.15. The van der Waals surface area contributed by atoms with Crippen LogP contribution in [0.3, 0.4) is 0 Å². The molecule has 0 aliphatic heterocycles. The Hall–Kier alpha value is -2.23. The first-order valence-electron chi connectivity index (χ1n) is 4.70. The Balaban J connectivity index is 2.65. The van der Waals surface area contributed by atoms with Crippen LogP contribution in [0.2, 0.25) is 0 Å². The van der Waals surface area contributed by atoms with Crippen molar-refractivity contribution in [1.29, 1.82) is 5.26 Å². The van der Waals surface area contributed by atoms with E-state index in [1.165, 1.54) is 0 Å². The van der Waals surface area contributed by atoms with Gasteiger partial charge in [0.2, 0.25) is 5.91 Å². The average Bonchev–Trinajstić information content (AvgIpc) is 2.29. The van der Waals surface area contributed by atoms with Crippen molar-refractivity contribution in [2.45, 2.75) is 6.18 Å². The van der Waals surface area contributed by atoms with Gasteiger partial charge in [-0.3, -0.25) is 4.79 Å². The van der Waals surface area contributed by atoms with Crippen LogP contribution in [0.5, 0.6) is 5.75 Å². The van der Waals surface area contributed by atoms with Crippen LogP contribution in [-0.4, -0.2) is 12.5 Å². The number of halogens is 3. The SMILES string of the molecule is N#C[C](COc1ccc(C(F)(F)F)cc1)C(N)=O. The van der Waals surface area contributed by atoms with Crippen LogP contribution in [-0.2, 0) is 11.0 Å². The molecule has 0 aliphatic carbocycles. The molecule has 0 spiro atoms.